The fraction of sp³-hybridized carbons (Fsp3) is 0.520. The summed E-state index contributed by atoms with van der Waals surface area (Å²) in [5, 5.41) is 4.95. The molecule has 0 spiro atoms. The first-order valence-corrected chi connectivity index (χ1v) is 12.2. The first-order chi connectivity index (χ1) is 15.1. The number of hydrogen-bond acceptors (Lipinski definition) is 4. The summed E-state index contributed by atoms with van der Waals surface area (Å²) in [6.07, 6.45) is 5.95. The SMILES string of the molecule is CNC(=O)[C@@]1(Cc2ccc(-c3cccs3)cc2)CCCN(C(=O)CC[C@H]2CCCO2)C1. The highest BCUT2D eigenvalue weighted by Gasteiger charge is 2.43. The maximum absolute atomic E-state index is 13.0. The van der Waals surface area contributed by atoms with Crippen molar-refractivity contribution in [3.8, 4) is 10.4 Å². The highest BCUT2D eigenvalue weighted by Crippen LogP contribution is 2.35. The van der Waals surface area contributed by atoms with E-state index in [1.165, 1.54) is 10.4 Å². The molecule has 31 heavy (non-hydrogen) atoms. The number of piperidine rings is 1. The normalized spacial score (nSPS) is 23.6. The van der Waals surface area contributed by atoms with Crippen molar-refractivity contribution in [2.75, 3.05) is 26.7 Å². The maximum Gasteiger partial charge on any atom is 0.228 e. The van der Waals surface area contributed by atoms with Crippen LogP contribution in [-0.2, 0) is 20.7 Å². The number of ether oxygens (including phenoxy) is 1. The summed E-state index contributed by atoms with van der Waals surface area (Å²) in [6.45, 7) is 2.04. The summed E-state index contributed by atoms with van der Waals surface area (Å²) in [5.74, 6) is 0.183. The van der Waals surface area contributed by atoms with Crippen molar-refractivity contribution in [3.63, 3.8) is 0 Å². The van der Waals surface area contributed by atoms with Gasteiger partial charge in [0.05, 0.1) is 11.5 Å². The van der Waals surface area contributed by atoms with E-state index >= 15 is 0 Å². The maximum atomic E-state index is 13.0. The fourth-order valence-electron chi connectivity index (χ4n) is 4.95. The summed E-state index contributed by atoms with van der Waals surface area (Å²) in [7, 11) is 1.70. The van der Waals surface area contributed by atoms with E-state index in [2.05, 4.69) is 47.1 Å². The Morgan fingerprint density at radius 2 is 2.06 bits per heavy atom. The second kappa shape index (κ2) is 9.96. The molecule has 6 heteroatoms. The van der Waals surface area contributed by atoms with Gasteiger partial charge in [0.15, 0.2) is 0 Å². The van der Waals surface area contributed by atoms with Gasteiger partial charge in [-0.3, -0.25) is 9.59 Å². The van der Waals surface area contributed by atoms with Crippen molar-refractivity contribution in [3.05, 3.63) is 47.3 Å². The van der Waals surface area contributed by atoms with Crippen LogP contribution in [0.25, 0.3) is 10.4 Å². The van der Waals surface area contributed by atoms with Crippen molar-refractivity contribution in [1.29, 1.82) is 0 Å². The average molecular weight is 441 g/mol. The van der Waals surface area contributed by atoms with Crippen LogP contribution in [-0.4, -0.2) is 49.6 Å². The molecular formula is C25H32N2O3S. The highest BCUT2D eigenvalue weighted by atomic mass is 32.1. The Labute approximate surface area is 188 Å². The molecule has 2 aromatic rings. The Hall–Kier alpha value is -2.18. The number of thiophene rings is 1. The van der Waals surface area contributed by atoms with E-state index in [0.717, 1.165) is 50.8 Å². The lowest BCUT2D eigenvalue weighted by Crippen LogP contribution is -2.54. The second-order valence-corrected chi connectivity index (χ2v) is 9.75. The molecule has 166 valence electrons. The predicted octanol–water partition coefficient (Wildman–Crippen LogP) is 4.27. The van der Waals surface area contributed by atoms with Crippen LogP contribution in [0.5, 0.6) is 0 Å². The van der Waals surface area contributed by atoms with E-state index in [1.807, 2.05) is 4.90 Å². The third-order valence-electron chi connectivity index (χ3n) is 6.64. The number of likely N-dealkylation sites (tertiary alicyclic amines) is 1. The number of carbonyl (C=O) groups is 2. The predicted molar refractivity (Wildman–Crippen MR) is 124 cm³/mol. The van der Waals surface area contributed by atoms with Crippen molar-refractivity contribution < 1.29 is 14.3 Å². The van der Waals surface area contributed by atoms with Gasteiger partial charge in [-0.15, -0.1) is 11.3 Å². The van der Waals surface area contributed by atoms with Gasteiger partial charge in [0, 0.05) is 38.0 Å². The molecule has 1 aromatic heterocycles. The number of carbonyl (C=O) groups excluding carboxylic acids is 2. The zero-order valence-electron chi connectivity index (χ0n) is 18.3. The van der Waals surface area contributed by atoms with Gasteiger partial charge < -0.3 is 15.0 Å². The minimum atomic E-state index is -0.572. The molecule has 2 amide bonds. The smallest absolute Gasteiger partial charge is 0.228 e. The van der Waals surface area contributed by atoms with Gasteiger partial charge >= 0.3 is 0 Å². The van der Waals surface area contributed by atoms with Crippen molar-refractivity contribution in [1.82, 2.24) is 10.2 Å². The number of rotatable bonds is 7. The second-order valence-electron chi connectivity index (χ2n) is 8.80. The Morgan fingerprint density at radius 3 is 2.74 bits per heavy atom. The van der Waals surface area contributed by atoms with E-state index < -0.39 is 5.41 Å². The topological polar surface area (TPSA) is 58.6 Å². The summed E-state index contributed by atoms with van der Waals surface area (Å²) in [4.78, 5) is 29.1. The lowest BCUT2D eigenvalue weighted by atomic mass is 9.74. The van der Waals surface area contributed by atoms with Gasteiger partial charge in [-0.25, -0.2) is 0 Å². The third kappa shape index (κ3) is 5.18. The summed E-state index contributed by atoms with van der Waals surface area (Å²) in [6, 6.07) is 12.7. The number of benzene rings is 1. The monoisotopic (exact) mass is 440 g/mol. The van der Waals surface area contributed by atoms with Crippen molar-refractivity contribution in [2.45, 2.75) is 51.0 Å². The minimum absolute atomic E-state index is 0.0338. The molecule has 2 saturated heterocycles. The zero-order chi connectivity index (χ0) is 21.7. The Morgan fingerprint density at radius 1 is 1.23 bits per heavy atom. The number of hydrogen-bond donors (Lipinski definition) is 1. The Bertz CT molecular complexity index is 875. The molecule has 2 aliphatic rings. The Kier molecular flexibility index (Phi) is 7.08. The first-order valence-electron chi connectivity index (χ1n) is 11.3. The van der Waals surface area contributed by atoms with E-state index in [4.69, 9.17) is 4.74 Å². The highest BCUT2D eigenvalue weighted by molar-refractivity contribution is 7.13. The van der Waals surface area contributed by atoms with Crippen LogP contribution in [0.3, 0.4) is 0 Å². The van der Waals surface area contributed by atoms with Crippen LogP contribution >= 0.6 is 11.3 Å². The Balaban J connectivity index is 1.45. The molecule has 0 radical (unpaired) electrons. The first kappa shape index (κ1) is 22.0. The molecule has 0 unspecified atom stereocenters. The molecule has 2 atom stereocenters. The van der Waals surface area contributed by atoms with Gasteiger partial charge in [0.25, 0.3) is 0 Å². The molecule has 0 bridgehead atoms. The summed E-state index contributed by atoms with van der Waals surface area (Å²) in [5.41, 5.74) is 1.76. The lowest BCUT2D eigenvalue weighted by molar-refractivity contribution is -0.141. The molecular weight excluding hydrogens is 408 g/mol. The van der Waals surface area contributed by atoms with Gasteiger partial charge in [0.1, 0.15) is 0 Å². The lowest BCUT2D eigenvalue weighted by Gasteiger charge is -2.42. The third-order valence-corrected chi connectivity index (χ3v) is 7.56. The molecule has 5 nitrogen and oxygen atoms in total. The molecule has 0 aliphatic carbocycles. The van der Waals surface area contributed by atoms with E-state index in [0.29, 0.717) is 19.4 Å². The molecule has 1 aromatic carbocycles. The van der Waals surface area contributed by atoms with Crippen LogP contribution in [0.4, 0.5) is 0 Å². The van der Waals surface area contributed by atoms with E-state index in [9.17, 15) is 9.59 Å². The quantitative estimate of drug-likeness (QED) is 0.699. The van der Waals surface area contributed by atoms with E-state index in [1.54, 1.807) is 18.4 Å². The minimum Gasteiger partial charge on any atom is -0.378 e. The van der Waals surface area contributed by atoms with Crippen molar-refractivity contribution in [2.24, 2.45) is 5.41 Å². The molecule has 3 heterocycles. The van der Waals surface area contributed by atoms with Crippen molar-refractivity contribution >= 4 is 23.2 Å². The summed E-state index contributed by atoms with van der Waals surface area (Å²) >= 11 is 1.73. The number of amides is 2. The van der Waals surface area contributed by atoms with E-state index in [-0.39, 0.29) is 17.9 Å². The van der Waals surface area contributed by atoms with Crippen LogP contribution in [0.1, 0.15) is 44.1 Å². The molecule has 2 fully saturated rings. The largest absolute Gasteiger partial charge is 0.378 e. The van der Waals surface area contributed by atoms with Crippen LogP contribution in [0.15, 0.2) is 41.8 Å². The van der Waals surface area contributed by atoms with Gasteiger partial charge in [-0.2, -0.15) is 0 Å². The van der Waals surface area contributed by atoms with Crippen LogP contribution < -0.4 is 5.32 Å². The molecule has 1 N–H and O–H groups in total. The van der Waals surface area contributed by atoms with Crippen LogP contribution in [0, 0.1) is 5.41 Å². The van der Waals surface area contributed by atoms with Crippen LogP contribution in [0.2, 0.25) is 0 Å². The molecule has 4 rings (SSSR count). The molecule has 0 saturated carbocycles. The van der Waals surface area contributed by atoms with Gasteiger partial charge in [0.2, 0.25) is 11.8 Å². The van der Waals surface area contributed by atoms with Gasteiger partial charge in [-0.1, -0.05) is 30.3 Å². The number of nitrogens with one attached hydrogen (secondary N) is 1. The fourth-order valence-corrected chi connectivity index (χ4v) is 5.69. The van der Waals surface area contributed by atoms with Gasteiger partial charge in [-0.05, 0) is 61.1 Å². The molecule has 2 aliphatic heterocycles. The zero-order valence-corrected chi connectivity index (χ0v) is 19.1. The standard InChI is InChI=1S/C25H32N2O3S/c1-26-24(29)25(17-19-7-9-20(10-8-19)22-6-3-16-31-22)13-4-14-27(18-25)23(28)12-11-21-5-2-15-30-21/h3,6-10,16,21H,2,4-5,11-15,17-18H2,1H3,(H,26,29)/t21-,25-/m1/s1. The number of nitrogens with zero attached hydrogens (tertiary/aromatic N) is 1. The average Bonchev–Trinajstić information content (AvgIpc) is 3.52. The summed E-state index contributed by atoms with van der Waals surface area (Å²) < 4.78 is 5.67.